The lowest BCUT2D eigenvalue weighted by Gasteiger charge is -2.30. The summed E-state index contributed by atoms with van der Waals surface area (Å²) in [5.74, 6) is -1.64. The fraction of sp³-hybridized carbons (Fsp3) is 0.385. The van der Waals surface area contributed by atoms with E-state index in [0.29, 0.717) is 25.3 Å². The average Bonchev–Trinajstić information content (AvgIpc) is 3.08. The smallest absolute Gasteiger partial charge is 0.295 e. The zero-order valence-electron chi connectivity index (χ0n) is 18.7. The Bertz CT molecular complexity index is 1010. The van der Waals surface area contributed by atoms with Crippen molar-refractivity contribution in [2.45, 2.75) is 26.3 Å². The highest BCUT2D eigenvalue weighted by atomic mass is 16.5. The summed E-state index contributed by atoms with van der Waals surface area (Å²) < 4.78 is 5.42. The number of quaternary nitrogens is 1. The lowest BCUT2D eigenvalue weighted by Crippen LogP contribution is -3.14. The molecule has 2 heterocycles. The molecule has 0 bridgehead atoms. The Morgan fingerprint density at radius 1 is 1.06 bits per heavy atom. The largest absolute Gasteiger partial charge is 0.872 e. The number of benzene rings is 2. The van der Waals surface area contributed by atoms with Crippen molar-refractivity contribution in [2.24, 2.45) is 0 Å². The van der Waals surface area contributed by atoms with E-state index in [2.05, 4.69) is 6.92 Å². The van der Waals surface area contributed by atoms with Crippen LogP contribution in [-0.4, -0.2) is 56.0 Å². The van der Waals surface area contributed by atoms with Crippen LogP contribution >= 0.6 is 0 Å². The number of hydrogen-bond donors (Lipinski definition) is 1. The predicted molar refractivity (Wildman–Crippen MR) is 120 cm³/mol. The minimum Gasteiger partial charge on any atom is -0.872 e. The Morgan fingerprint density at radius 3 is 2.34 bits per heavy atom. The molecule has 0 aliphatic carbocycles. The molecule has 0 saturated carbocycles. The van der Waals surface area contributed by atoms with Crippen LogP contribution in [0.15, 0.2) is 54.1 Å². The molecule has 2 aliphatic rings. The zero-order chi connectivity index (χ0) is 22.7. The number of carbonyl (C=O) groups excluding carboxylic acids is 2. The Hall–Kier alpha value is -2.96. The highest BCUT2D eigenvalue weighted by Gasteiger charge is 2.44. The van der Waals surface area contributed by atoms with Crippen molar-refractivity contribution in [1.29, 1.82) is 0 Å². The molecular weight excluding hydrogens is 404 g/mol. The van der Waals surface area contributed by atoms with Crippen LogP contribution in [0, 0.1) is 6.92 Å². The van der Waals surface area contributed by atoms with E-state index >= 15 is 0 Å². The van der Waals surface area contributed by atoms with Crippen LogP contribution < -0.4 is 10.0 Å². The molecule has 168 valence electrons. The Labute approximate surface area is 189 Å². The number of rotatable bonds is 6. The van der Waals surface area contributed by atoms with E-state index in [1.807, 2.05) is 43.3 Å². The van der Waals surface area contributed by atoms with Crippen molar-refractivity contribution in [1.82, 2.24) is 4.90 Å². The summed E-state index contributed by atoms with van der Waals surface area (Å²) in [6.45, 7) is 8.33. The van der Waals surface area contributed by atoms with Crippen LogP contribution in [0.4, 0.5) is 0 Å². The molecule has 2 aliphatic heterocycles. The summed E-state index contributed by atoms with van der Waals surface area (Å²) in [5.41, 5.74) is 3.49. The van der Waals surface area contributed by atoms with Crippen molar-refractivity contribution in [2.75, 3.05) is 39.4 Å². The Morgan fingerprint density at radius 2 is 1.72 bits per heavy atom. The number of hydrogen-bond acceptors (Lipinski definition) is 4. The van der Waals surface area contributed by atoms with Crippen molar-refractivity contribution in [3.8, 4) is 0 Å². The Kier molecular flexibility index (Phi) is 6.72. The second-order valence-corrected chi connectivity index (χ2v) is 8.55. The van der Waals surface area contributed by atoms with Crippen LogP contribution in [-0.2, 0) is 20.7 Å². The van der Waals surface area contributed by atoms with Gasteiger partial charge in [0.2, 0.25) is 5.78 Å². The van der Waals surface area contributed by atoms with Crippen LogP contribution in [0.3, 0.4) is 0 Å². The molecule has 2 saturated heterocycles. The second kappa shape index (κ2) is 9.67. The van der Waals surface area contributed by atoms with Gasteiger partial charge in [-0.25, -0.2) is 0 Å². The highest BCUT2D eigenvalue weighted by Crippen LogP contribution is 2.38. The van der Waals surface area contributed by atoms with Gasteiger partial charge < -0.3 is 19.6 Å². The first-order valence-corrected chi connectivity index (χ1v) is 11.3. The summed E-state index contributed by atoms with van der Waals surface area (Å²) in [5, 5.41) is 13.4. The maximum absolute atomic E-state index is 13.4. The van der Waals surface area contributed by atoms with Gasteiger partial charge in [-0.2, -0.15) is 0 Å². The summed E-state index contributed by atoms with van der Waals surface area (Å²) in [6.07, 6.45) is 0.895. The van der Waals surface area contributed by atoms with Gasteiger partial charge in [-0.05, 0) is 30.0 Å². The van der Waals surface area contributed by atoms with Crippen molar-refractivity contribution in [3.05, 3.63) is 76.4 Å². The number of ether oxygens (including phenoxy) is 1. The molecule has 0 aromatic heterocycles. The molecule has 2 aromatic carbocycles. The van der Waals surface area contributed by atoms with Gasteiger partial charge in [0.15, 0.2) is 0 Å². The standard InChI is InChI=1S/C26H30N2O4/c1-3-19-6-10-20(11-7-19)23-22(24(29)21-8-4-18(2)5-9-21)25(30)26(31)28(23)13-12-27-14-16-32-17-15-27/h4-11,23,29H,3,12-17H2,1-2H3. The number of amides is 1. The maximum Gasteiger partial charge on any atom is 0.295 e. The van der Waals surface area contributed by atoms with Gasteiger partial charge >= 0.3 is 0 Å². The first kappa shape index (κ1) is 22.2. The topological polar surface area (TPSA) is 74.1 Å². The average molecular weight is 435 g/mol. The monoisotopic (exact) mass is 434 g/mol. The van der Waals surface area contributed by atoms with Crippen LogP contribution in [0.25, 0.3) is 5.76 Å². The summed E-state index contributed by atoms with van der Waals surface area (Å²) in [7, 11) is 0. The number of nitrogens with zero attached hydrogens (tertiary/aromatic N) is 1. The molecule has 2 aromatic rings. The number of Topliss-reactive ketones (excluding diaryl/α,β-unsaturated/α-hetero) is 1. The van der Waals surface area contributed by atoms with E-state index in [0.717, 1.165) is 37.2 Å². The third kappa shape index (κ3) is 4.47. The first-order valence-electron chi connectivity index (χ1n) is 11.3. The van der Waals surface area contributed by atoms with Gasteiger partial charge in [0.05, 0.1) is 32.3 Å². The van der Waals surface area contributed by atoms with Gasteiger partial charge in [0.1, 0.15) is 13.1 Å². The lowest BCUT2D eigenvalue weighted by atomic mass is 9.94. The second-order valence-electron chi connectivity index (χ2n) is 8.55. The van der Waals surface area contributed by atoms with Crippen LogP contribution in [0.1, 0.15) is 35.2 Å². The molecule has 2 fully saturated rings. The first-order chi connectivity index (χ1) is 15.5. The van der Waals surface area contributed by atoms with Crippen molar-refractivity contribution < 1.29 is 24.3 Å². The van der Waals surface area contributed by atoms with E-state index < -0.39 is 17.7 Å². The fourth-order valence-corrected chi connectivity index (χ4v) is 4.43. The van der Waals surface area contributed by atoms with Gasteiger partial charge in [0, 0.05) is 5.57 Å². The molecule has 1 atom stereocenters. The molecule has 4 rings (SSSR count). The molecule has 1 unspecified atom stereocenters. The lowest BCUT2D eigenvalue weighted by molar-refractivity contribution is -0.907. The molecule has 0 radical (unpaired) electrons. The molecule has 0 spiro atoms. The van der Waals surface area contributed by atoms with Gasteiger partial charge in [-0.15, -0.1) is 0 Å². The van der Waals surface area contributed by atoms with E-state index in [-0.39, 0.29) is 11.3 Å². The van der Waals surface area contributed by atoms with Crippen LogP contribution in [0.5, 0.6) is 0 Å². The number of carbonyl (C=O) groups is 2. The molecular formula is C26H30N2O4. The number of nitrogens with one attached hydrogen (secondary N) is 1. The summed E-state index contributed by atoms with van der Waals surface area (Å²) in [4.78, 5) is 29.1. The fourth-order valence-electron chi connectivity index (χ4n) is 4.43. The van der Waals surface area contributed by atoms with Gasteiger partial charge in [-0.1, -0.05) is 66.8 Å². The molecule has 1 amide bonds. The quantitative estimate of drug-likeness (QED) is 0.413. The summed E-state index contributed by atoms with van der Waals surface area (Å²) in [6, 6.07) is 14.4. The van der Waals surface area contributed by atoms with Crippen LogP contribution in [0.2, 0.25) is 0 Å². The van der Waals surface area contributed by atoms with E-state index in [1.54, 1.807) is 17.0 Å². The molecule has 6 heteroatoms. The number of likely N-dealkylation sites (tertiary alicyclic amines) is 1. The van der Waals surface area contributed by atoms with Gasteiger partial charge in [0.25, 0.3) is 5.91 Å². The zero-order valence-corrected chi connectivity index (χ0v) is 18.7. The third-order valence-corrected chi connectivity index (χ3v) is 6.45. The normalized spacial score (nSPS) is 21.3. The van der Waals surface area contributed by atoms with E-state index in [1.165, 1.54) is 10.5 Å². The molecule has 1 N–H and O–H groups in total. The van der Waals surface area contributed by atoms with Gasteiger partial charge in [-0.3, -0.25) is 9.59 Å². The summed E-state index contributed by atoms with van der Waals surface area (Å²) >= 11 is 0. The SMILES string of the molecule is CCc1ccc(C2C(=C([O-])c3ccc(C)cc3)C(=O)C(=O)N2CC[NH+]2CCOCC2)cc1. The van der Waals surface area contributed by atoms with E-state index in [4.69, 9.17) is 4.74 Å². The van der Waals surface area contributed by atoms with Crippen molar-refractivity contribution >= 4 is 17.4 Å². The minimum atomic E-state index is -0.683. The maximum atomic E-state index is 13.4. The predicted octanol–water partition coefficient (Wildman–Crippen LogP) is 0.697. The minimum absolute atomic E-state index is 0.0556. The number of aryl methyl sites for hydroxylation is 2. The van der Waals surface area contributed by atoms with E-state index in [9.17, 15) is 14.7 Å². The number of morpholine rings is 1. The Balaban J connectivity index is 1.72. The highest BCUT2D eigenvalue weighted by molar-refractivity contribution is 6.46. The molecule has 32 heavy (non-hydrogen) atoms. The van der Waals surface area contributed by atoms with Crippen molar-refractivity contribution in [3.63, 3.8) is 0 Å². The number of ketones is 1. The third-order valence-electron chi connectivity index (χ3n) is 6.45. The molecule has 6 nitrogen and oxygen atoms in total.